The van der Waals surface area contributed by atoms with Crippen molar-refractivity contribution in [3.63, 3.8) is 0 Å². The number of hydrogen-bond acceptors (Lipinski definition) is 10. The van der Waals surface area contributed by atoms with Gasteiger partial charge in [0.2, 0.25) is 0 Å². The van der Waals surface area contributed by atoms with Gasteiger partial charge in [0.05, 0.1) is 78.2 Å². The van der Waals surface area contributed by atoms with E-state index in [1.807, 2.05) is 0 Å². The van der Waals surface area contributed by atoms with Crippen molar-refractivity contribution >= 4 is 64.6 Å². The summed E-state index contributed by atoms with van der Waals surface area (Å²) in [6.07, 6.45) is 25.3. The van der Waals surface area contributed by atoms with Crippen LogP contribution in [0.3, 0.4) is 0 Å². The molecule has 90 heavy (non-hydrogen) atoms. The third kappa shape index (κ3) is 17.9. The van der Waals surface area contributed by atoms with Gasteiger partial charge >= 0.3 is 0 Å². The zero-order valence-electron chi connectivity index (χ0n) is 56.6. The molecular formula is C80H106O10. The van der Waals surface area contributed by atoms with Gasteiger partial charge in [0, 0.05) is 0 Å². The first kappa shape index (κ1) is 68.8. The third-order valence-corrected chi connectivity index (χ3v) is 17.1. The summed E-state index contributed by atoms with van der Waals surface area (Å²) in [6.45, 7) is 22.6. The first-order valence-corrected chi connectivity index (χ1v) is 35.0. The Morgan fingerprint density at radius 1 is 0.200 bits per heavy atom. The summed E-state index contributed by atoms with van der Waals surface area (Å²) in [6, 6.07) is 26.2. The van der Waals surface area contributed by atoms with E-state index >= 15 is 0 Å². The fourth-order valence-corrected chi connectivity index (χ4v) is 11.9. The van der Waals surface area contributed by atoms with Gasteiger partial charge in [-0.3, -0.25) is 0 Å². The fourth-order valence-electron chi connectivity index (χ4n) is 11.9. The second-order valence-electron chi connectivity index (χ2n) is 24.3. The highest BCUT2D eigenvalue weighted by Crippen LogP contribution is 2.49. The van der Waals surface area contributed by atoms with Gasteiger partial charge in [0.1, 0.15) is 11.5 Å². The second kappa shape index (κ2) is 36.7. The molecule has 8 aromatic rings. The largest absolute Gasteiger partial charge is 0.495 e. The minimum Gasteiger partial charge on any atom is -0.495 e. The first-order valence-electron chi connectivity index (χ1n) is 35.0. The van der Waals surface area contributed by atoms with E-state index in [1.54, 1.807) is 14.2 Å². The zero-order chi connectivity index (χ0) is 63.5. The van der Waals surface area contributed by atoms with Crippen molar-refractivity contribution in [1.29, 1.82) is 0 Å². The Morgan fingerprint density at radius 3 is 0.489 bits per heavy atom. The minimum absolute atomic E-state index is 0.595. The summed E-state index contributed by atoms with van der Waals surface area (Å²) in [5, 5.41) is 12.3. The molecule has 10 heteroatoms. The van der Waals surface area contributed by atoms with Gasteiger partial charge in [0.25, 0.3) is 0 Å². The smallest absolute Gasteiger partial charge is 0.161 e. The molecule has 0 N–H and O–H groups in total. The van der Waals surface area contributed by atoms with Gasteiger partial charge in [-0.25, -0.2) is 0 Å². The third-order valence-electron chi connectivity index (χ3n) is 17.1. The van der Waals surface area contributed by atoms with Gasteiger partial charge in [-0.05, 0) is 189 Å². The van der Waals surface area contributed by atoms with E-state index in [9.17, 15) is 0 Å². The number of fused-ring (bicyclic) bond motifs is 12. The van der Waals surface area contributed by atoms with E-state index < -0.39 is 0 Å². The number of hydrogen-bond donors (Lipinski definition) is 0. The maximum atomic E-state index is 6.71. The Kier molecular flexibility index (Phi) is 28.0. The van der Waals surface area contributed by atoms with Crippen LogP contribution >= 0.6 is 0 Å². The first-order chi connectivity index (χ1) is 44.3. The van der Waals surface area contributed by atoms with Crippen LogP contribution in [0.15, 0.2) is 72.8 Å². The normalized spacial score (nSPS) is 11.4. The standard InChI is InChI=1S/C80H106O10/c1-11-19-27-37-83-73-49-63-59-45-57(71(81-9)47-61(59)65-51-75(85-39-29-21-13-3)79(89-43-33-25-17-7)55-69(65)67(63)53-77(73)87-41-31-23-15-5)35-36-58-46-60-62(48-72(58)82-10)66-52-76(86-40-30-22-14-4)80(90-44-34-26-18-8)56-70(66)68-54-78(88-42-32-24-16-6)74(50-64(60)68)84-38-28-20-12-2/h45-56H,11-34,37-44H2,1-10H3. The summed E-state index contributed by atoms with van der Waals surface area (Å²) in [5.74, 6) is 14.6. The number of rotatable bonds is 42. The molecule has 0 spiro atoms. The van der Waals surface area contributed by atoms with E-state index in [0.717, 1.165) is 276 Å². The van der Waals surface area contributed by atoms with Crippen LogP contribution in [0.2, 0.25) is 0 Å². The number of unbranched alkanes of at least 4 members (excludes halogenated alkanes) is 16. The van der Waals surface area contributed by atoms with E-state index in [4.69, 9.17) is 47.4 Å². The molecule has 0 aromatic heterocycles. The van der Waals surface area contributed by atoms with Crippen molar-refractivity contribution in [1.82, 2.24) is 0 Å². The molecule has 0 radical (unpaired) electrons. The van der Waals surface area contributed by atoms with Crippen LogP contribution in [-0.2, 0) is 0 Å². The molecule has 8 aromatic carbocycles. The maximum Gasteiger partial charge on any atom is 0.161 e. The summed E-state index contributed by atoms with van der Waals surface area (Å²) < 4.78 is 66.2. The van der Waals surface area contributed by atoms with Gasteiger partial charge in [-0.2, -0.15) is 0 Å². The predicted octanol–water partition coefficient (Wildman–Crippen LogP) is 22.6. The topological polar surface area (TPSA) is 92.3 Å². The van der Waals surface area contributed by atoms with E-state index in [1.165, 1.54) is 0 Å². The SMILES string of the molecule is CCCCCOc1cc2c3cc(C#Cc4cc5c(cc4OC)c4cc(OCCCCC)c(OCCCCC)cc4c4cc(OCCCCC)c(OCCCCC)cc54)c(OC)cc3c3cc(OCCCCC)c(OCCCCC)cc3c2cc1OCCCCC. The molecule has 0 bridgehead atoms. The fraction of sp³-hybridized carbons (Fsp3) is 0.525. The lowest BCUT2D eigenvalue weighted by Crippen LogP contribution is -2.04. The van der Waals surface area contributed by atoms with Crippen LogP contribution in [0.5, 0.6) is 57.5 Å². The van der Waals surface area contributed by atoms with Crippen LogP contribution < -0.4 is 47.4 Å². The second-order valence-corrected chi connectivity index (χ2v) is 24.3. The Labute approximate surface area is 539 Å². The lowest BCUT2D eigenvalue weighted by atomic mass is 9.91. The van der Waals surface area contributed by atoms with E-state index in [-0.39, 0.29) is 0 Å². The lowest BCUT2D eigenvalue weighted by molar-refractivity contribution is 0.260. The maximum absolute atomic E-state index is 6.71. The number of ether oxygens (including phenoxy) is 10. The highest BCUT2D eigenvalue weighted by atomic mass is 16.5. The molecule has 8 rings (SSSR count). The highest BCUT2D eigenvalue weighted by molar-refractivity contribution is 6.28. The van der Waals surface area contributed by atoms with Gasteiger partial charge in [-0.1, -0.05) is 170 Å². The number of methoxy groups -OCH3 is 2. The average Bonchev–Trinajstić information content (AvgIpc) is 0.741. The Hall–Kier alpha value is -7.12. The Balaban J connectivity index is 1.39. The van der Waals surface area contributed by atoms with Crippen molar-refractivity contribution in [2.75, 3.05) is 67.1 Å². The van der Waals surface area contributed by atoms with Crippen LogP contribution in [-0.4, -0.2) is 67.1 Å². The molecule has 0 unspecified atom stereocenters. The van der Waals surface area contributed by atoms with Gasteiger partial charge < -0.3 is 47.4 Å². The van der Waals surface area contributed by atoms with Crippen LogP contribution in [0.25, 0.3) is 64.6 Å². The number of benzene rings is 8. The van der Waals surface area contributed by atoms with Crippen molar-refractivity contribution in [2.45, 2.75) is 209 Å². The molecule has 0 aliphatic carbocycles. The monoisotopic (exact) mass is 1230 g/mol. The molecular weight excluding hydrogens is 1120 g/mol. The highest BCUT2D eigenvalue weighted by Gasteiger charge is 2.23. The molecule has 0 fully saturated rings. The van der Waals surface area contributed by atoms with Gasteiger partial charge in [0.15, 0.2) is 46.0 Å². The Bertz CT molecular complexity index is 3390. The minimum atomic E-state index is 0.595. The van der Waals surface area contributed by atoms with Crippen molar-refractivity contribution in [3.05, 3.63) is 83.9 Å². The summed E-state index contributed by atoms with van der Waals surface area (Å²) in [7, 11) is 3.46. The van der Waals surface area contributed by atoms with Crippen molar-refractivity contribution in [3.8, 4) is 69.3 Å². The quantitative estimate of drug-likeness (QED) is 0.0209. The molecule has 0 amide bonds. The van der Waals surface area contributed by atoms with Crippen LogP contribution in [0.1, 0.15) is 221 Å². The molecule has 0 aliphatic rings. The van der Waals surface area contributed by atoms with Gasteiger partial charge in [-0.15, -0.1) is 0 Å². The van der Waals surface area contributed by atoms with Crippen molar-refractivity contribution in [2.24, 2.45) is 0 Å². The summed E-state index contributed by atoms with van der Waals surface area (Å²) in [5.41, 5.74) is 1.47. The lowest BCUT2D eigenvalue weighted by Gasteiger charge is -2.20. The van der Waals surface area contributed by atoms with Crippen LogP contribution in [0.4, 0.5) is 0 Å². The summed E-state index contributed by atoms with van der Waals surface area (Å²) in [4.78, 5) is 0. The summed E-state index contributed by atoms with van der Waals surface area (Å²) >= 11 is 0. The van der Waals surface area contributed by atoms with Crippen molar-refractivity contribution < 1.29 is 47.4 Å². The molecule has 0 saturated carbocycles. The van der Waals surface area contributed by atoms with E-state index in [2.05, 4.69) is 140 Å². The molecule has 0 heterocycles. The molecule has 0 saturated heterocycles. The van der Waals surface area contributed by atoms with Crippen LogP contribution in [0, 0.1) is 11.8 Å². The molecule has 0 atom stereocenters. The zero-order valence-corrected chi connectivity index (χ0v) is 56.6. The van der Waals surface area contributed by atoms with E-state index in [0.29, 0.717) is 64.4 Å². The molecule has 0 aliphatic heterocycles. The molecule has 10 nitrogen and oxygen atoms in total. The Morgan fingerprint density at radius 2 is 0.344 bits per heavy atom. The predicted molar refractivity (Wildman–Crippen MR) is 377 cm³/mol. The average molecular weight is 1230 g/mol. The molecule has 486 valence electrons.